The summed E-state index contributed by atoms with van der Waals surface area (Å²) in [6.07, 6.45) is 10.2. The number of carbonyl (C=O) groups is 2. The maximum absolute atomic E-state index is 10.8. The lowest BCUT2D eigenvalue weighted by Gasteiger charge is -2.23. The van der Waals surface area contributed by atoms with Crippen molar-refractivity contribution in [1.82, 2.24) is 0 Å². The molecular formula is C17H26O4. The molecule has 118 valence electrons. The molecule has 0 bridgehead atoms. The minimum absolute atomic E-state index is 0.0359. The quantitative estimate of drug-likeness (QED) is 0.588. The standard InChI is InChI=1S/C9H10O4.C6H12.C2H4/c1-9(8(12)13)4-2-3-6(5-9)7(10)11;1-3-5-6-4-2;1-2/h2-4H,5H2,1H3,(H,10,11)(H,12,13);3H,1,4-6H2,2H3;1-2H2. The Morgan fingerprint density at radius 3 is 2.29 bits per heavy atom. The molecule has 0 aromatic carbocycles. The van der Waals surface area contributed by atoms with Crippen molar-refractivity contribution in [3.05, 3.63) is 49.6 Å². The highest BCUT2D eigenvalue weighted by Gasteiger charge is 2.34. The van der Waals surface area contributed by atoms with E-state index in [0.29, 0.717) is 0 Å². The average Bonchev–Trinajstić information content (AvgIpc) is 2.47. The highest BCUT2D eigenvalue weighted by molar-refractivity contribution is 5.90. The fraction of sp³-hybridized carbons (Fsp3) is 0.412. The number of unbranched alkanes of at least 4 members (excludes halogenated alkanes) is 2. The zero-order valence-corrected chi connectivity index (χ0v) is 13.0. The van der Waals surface area contributed by atoms with E-state index < -0.39 is 17.4 Å². The molecule has 1 atom stereocenters. The SMILES string of the molecule is C=C.C=CCCCC.CC1(C(=O)O)C=CC=C(C(=O)O)C1. The first-order valence-electron chi connectivity index (χ1n) is 6.83. The summed E-state index contributed by atoms with van der Waals surface area (Å²) in [7, 11) is 0. The molecule has 2 N–H and O–H groups in total. The molecular weight excluding hydrogens is 268 g/mol. The minimum Gasteiger partial charge on any atom is -0.481 e. The first kappa shape index (κ1) is 21.2. The Morgan fingerprint density at radius 2 is 1.95 bits per heavy atom. The molecule has 0 saturated carbocycles. The van der Waals surface area contributed by atoms with E-state index in [4.69, 9.17) is 10.2 Å². The minimum atomic E-state index is -1.08. The van der Waals surface area contributed by atoms with Crippen LogP contribution in [-0.2, 0) is 9.59 Å². The molecule has 1 aliphatic rings. The van der Waals surface area contributed by atoms with Crippen molar-refractivity contribution in [1.29, 1.82) is 0 Å². The van der Waals surface area contributed by atoms with Gasteiger partial charge < -0.3 is 10.2 Å². The van der Waals surface area contributed by atoms with Gasteiger partial charge in [-0.15, -0.1) is 19.7 Å². The van der Waals surface area contributed by atoms with E-state index in [9.17, 15) is 9.59 Å². The summed E-state index contributed by atoms with van der Waals surface area (Å²) in [5.41, 5.74) is -0.949. The van der Waals surface area contributed by atoms with Crippen LogP contribution in [0.4, 0.5) is 0 Å². The van der Waals surface area contributed by atoms with Gasteiger partial charge in [0, 0.05) is 5.57 Å². The van der Waals surface area contributed by atoms with E-state index in [1.165, 1.54) is 44.4 Å². The van der Waals surface area contributed by atoms with Crippen LogP contribution in [-0.4, -0.2) is 22.2 Å². The van der Waals surface area contributed by atoms with Crippen LogP contribution in [0.3, 0.4) is 0 Å². The van der Waals surface area contributed by atoms with Crippen LogP contribution in [0.5, 0.6) is 0 Å². The Hall–Kier alpha value is -2.10. The van der Waals surface area contributed by atoms with Gasteiger partial charge in [0.15, 0.2) is 0 Å². The van der Waals surface area contributed by atoms with Crippen LogP contribution in [0.15, 0.2) is 49.6 Å². The lowest BCUT2D eigenvalue weighted by Crippen LogP contribution is -2.28. The molecule has 1 rings (SSSR count). The molecule has 0 fully saturated rings. The van der Waals surface area contributed by atoms with Gasteiger partial charge in [-0.3, -0.25) is 4.79 Å². The zero-order chi connectivity index (χ0) is 16.9. The fourth-order valence-corrected chi connectivity index (χ4v) is 1.53. The van der Waals surface area contributed by atoms with Crippen LogP contribution in [0.1, 0.15) is 39.5 Å². The monoisotopic (exact) mass is 294 g/mol. The van der Waals surface area contributed by atoms with Gasteiger partial charge in [-0.1, -0.05) is 44.1 Å². The average molecular weight is 294 g/mol. The zero-order valence-electron chi connectivity index (χ0n) is 13.0. The largest absolute Gasteiger partial charge is 0.481 e. The number of rotatable bonds is 5. The second kappa shape index (κ2) is 11.7. The summed E-state index contributed by atoms with van der Waals surface area (Å²) in [5, 5.41) is 17.5. The highest BCUT2D eigenvalue weighted by atomic mass is 16.4. The van der Waals surface area contributed by atoms with Crippen LogP contribution < -0.4 is 0 Å². The van der Waals surface area contributed by atoms with Crippen molar-refractivity contribution in [2.75, 3.05) is 0 Å². The van der Waals surface area contributed by atoms with Crippen molar-refractivity contribution < 1.29 is 19.8 Å². The Morgan fingerprint density at radius 1 is 1.38 bits per heavy atom. The first-order valence-corrected chi connectivity index (χ1v) is 6.83. The number of allylic oxidation sites excluding steroid dienone is 3. The number of hydrogen-bond donors (Lipinski definition) is 2. The lowest BCUT2D eigenvalue weighted by atomic mass is 9.80. The number of carboxylic acids is 2. The van der Waals surface area contributed by atoms with Gasteiger partial charge >= 0.3 is 11.9 Å². The van der Waals surface area contributed by atoms with E-state index in [1.54, 1.807) is 0 Å². The molecule has 0 amide bonds. The third-order valence-electron chi connectivity index (χ3n) is 2.84. The molecule has 0 radical (unpaired) electrons. The van der Waals surface area contributed by atoms with Crippen molar-refractivity contribution in [3.8, 4) is 0 Å². The van der Waals surface area contributed by atoms with Gasteiger partial charge in [0.2, 0.25) is 0 Å². The van der Waals surface area contributed by atoms with Crippen LogP contribution in [0.2, 0.25) is 0 Å². The molecule has 21 heavy (non-hydrogen) atoms. The molecule has 0 heterocycles. The Labute approximate surface area is 127 Å². The topological polar surface area (TPSA) is 74.6 Å². The summed E-state index contributed by atoms with van der Waals surface area (Å²) < 4.78 is 0. The fourth-order valence-electron chi connectivity index (χ4n) is 1.53. The molecule has 0 saturated heterocycles. The number of hydrogen-bond acceptors (Lipinski definition) is 2. The number of aliphatic carboxylic acids is 2. The van der Waals surface area contributed by atoms with Crippen molar-refractivity contribution >= 4 is 11.9 Å². The Kier molecular flexibility index (Phi) is 11.8. The maximum Gasteiger partial charge on any atom is 0.331 e. The Balaban J connectivity index is 0. The molecule has 4 heteroatoms. The summed E-state index contributed by atoms with van der Waals surface area (Å²) in [6.45, 7) is 13.3. The molecule has 0 aliphatic heterocycles. The van der Waals surface area contributed by atoms with Gasteiger partial charge in [0.05, 0.1) is 5.41 Å². The summed E-state index contributed by atoms with van der Waals surface area (Å²) in [6, 6.07) is 0. The predicted molar refractivity (Wildman–Crippen MR) is 86.2 cm³/mol. The predicted octanol–water partition coefficient (Wildman–Crippen LogP) is 4.21. The van der Waals surface area contributed by atoms with Crippen LogP contribution >= 0.6 is 0 Å². The molecule has 0 spiro atoms. The second-order valence-corrected chi connectivity index (χ2v) is 4.69. The maximum atomic E-state index is 10.8. The molecule has 0 aromatic heterocycles. The lowest BCUT2D eigenvalue weighted by molar-refractivity contribution is -0.145. The van der Waals surface area contributed by atoms with E-state index in [0.717, 1.165) is 0 Å². The molecule has 4 nitrogen and oxygen atoms in total. The van der Waals surface area contributed by atoms with E-state index >= 15 is 0 Å². The van der Waals surface area contributed by atoms with Gasteiger partial charge in [-0.25, -0.2) is 4.79 Å². The summed E-state index contributed by atoms with van der Waals surface area (Å²) in [5.74, 6) is -2.06. The van der Waals surface area contributed by atoms with Crippen LogP contribution in [0.25, 0.3) is 0 Å². The highest BCUT2D eigenvalue weighted by Crippen LogP contribution is 2.31. The molecule has 1 unspecified atom stereocenters. The summed E-state index contributed by atoms with van der Waals surface area (Å²) >= 11 is 0. The first-order chi connectivity index (χ1) is 9.87. The third-order valence-corrected chi connectivity index (χ3v) is 2.84. The van der Waals surface area contributed by atoms with Crippen LogP contribution in [0, 0.1) is 5.41 Å². The molecule has 1 aliphatic carbocycles. The number of carboxylic acid groups (broad SMARTS) is 2. The third kappa shape index (κ3) is 8.63. The van der Waals surface area contributed by atoms with Gasteiger partial charge in [-0.05, 0) is 19.8 Å². The Bertz CT molecular complexity index is 407. The van der Waals surface area contributed by atoms with Crippen molar-refractivity contribution in [3.63, 3.8) is 0 Å². The van der Waals surface area contributed by atoms with Crippen molar-refractivity contribution in [2.45, 2.75) is 39.5 Å². The van der Waals surface area contributed by atoms with Gasteiger partial charge in [0.1, 0.15) is 0 Å². The van der Waals surface area contributed by atoms with E-state index in [2.05, 4.69) is 26.7 Å². The van der Waals surface area contributed by atoms with E-state index in [1.807, 2.05) is 6.08 Å². The van der Waals surface area contributed by atoms with Gasteiger partial charge in [0.25, 0.3) is 0 Å². The molecule has 0 aromatic rings. The van der Waals surface area contributed by atoms with Crippen molar-refractivity contribution in [2.24, 2.45) is 5.41 Å². The summed E-state index contributed by atoms with van der Waals surface area (Å²) in [4.78, 5) is 21.3. The second-order valence-electron chi connectivity index (χ2n) is 4.69. The van der Waals surface area contributed by atoms with E-state index in [-0.39, 0.29) is 12.0 Å². The smallest absolute Gasteiger partial charge is 0.331 e. The van der Waals surface area contributed by atoms with Gasteiger partial charge in [-0.2, -0.15) is 0 Å². The normalized spacial score (nSPS) is 19.0.